The Morgan fingerprint density at radius 3 is 2.45 bits per heavy atom. The first-order chi connectivity index (χ1) is 9.00. The highest BCUT2D eigenvalue weighted by atomic mass is 32.2. The molecule has 1 saturated heterocycles. The molecule has 1 unspecified atom stereocenters. The maximum absolute atomic E-state index is 12.0. The van der Waals surface area contributed by atoms with E-state index in [0.717, 1.165) is 4.90 Å². The highest BCUT2D eigenvalue weighted by Crippen LogP contribution is 2.17. The van der Waals surface area contributed by atoms with Crippen molar-refractivity contribution in [3.05, 3.63) is 0 Å². The minimum atomic E-state index is -4.60. The second-order valence-corrected chi connectivity index (χ2v) is 6.56. The van der Waals surface area contributed by atoms with Crippen molar-refractivity contribution >= 4 is 21.8 Å². The van der Waals surface area contributed by atoms with Crippen LogP contribution in [0.5, 0.6) is 0 Å². The third-order valence-electron chi connectivity index (χ3n) is 2.64. The monoisotopic (exact) mass is 318 g/mol. The van der Waals surface area contributed by atoms with Gasteiger partial charge in [-0.2, -0.15) is 13.2 Å². The number of carbonyl (C=O) groups is 2. The van der Waals surface area contributed by atoms with Gasteiger partial charge in [0.25, 0.3) is 0 Å². The first-order valence-corrected chi connectivity index (χ1v) is 7.36. The summed E-state index contributed by atoms with van der Waals surface area (Å²) in [5.74, 6) is -2.30. The molecule has 0 aromatic heterocycles. The maximum atomic E-state index is 12.0. The fraction of sp³-hybridized carbons (Fsp3) is 0.778. The number of halogens is 3. The van der Waals surface area contributed by atoms with E-state index < -0.39 is 58.5 Å². The standard InChI is InChI=1S/C9H13F3N2O5S/c10-9(11,12)5-13-8(17)14-1-2-20(18,19)4-6(14)3-7(15)16/h6H,1-5H2,(H,13,17)(H,15,16). The van der Waals surface area contributed by atoms with E-state index in [-0.39, 0.29) is 6.54 Å². The van der Waals surface area contributed by atoms with E-state index in [2.05, 4.69) is 0 Å². The molecule has 1 aliphatic heterocycles. The lowest BCUT2D eigenvalue weighted by atomic mass is 10.2. The van der Waals surface area contributed by atoms with Gasteiger partial charge in [-0.3, -0.25) is 4.79 Å². The number of carbonyl (C=O) groups excluding carboxylic acids is 1. The molecule has 1 atom stereocenters. The number of rotatable bonds is 3. The van der Waals surface area contributed by atoms with Gasteiger partial charge < -0.3 is 15.3 Å². The summed E-state index contributed by atoms with van der Waals surface area (Å²) in [7, 11) is -3.49. The van der Waals surface area contributed by atoms with E-state index in [0.29, 0.717) is 0 Å². The summed E-state index contributed by atoms with van der Waals surface area (Å²) in [6.07, 6.45) is -5.24. The van der Waals surface area contributed by atoms with Crippen LogP contribution in [0.3, 0.4) is 0 Å². The summed E-state index contributed by atoms with van der Waals surface area (Å²) >= 11 is 0. The first kappa shape index (κ1) is 16.5. The highest BCUT2D eigenvalue weighted by Gasteiger charge is 2.36. The minimum Gasteiger partial charge on any atom is -0.481 e. The second kappa shape index (κ2) is 5.85. The van der Waals surface area contributed by atoms with Gasteiger partial charge in [0.1, 0.15) is 6.54 Å². The predicted molar refractivity (Wildman–Crippen MR) is 60.9 cm³/mol. The third kappa shape index (κ3) is 5.23. The molecule has 1 rings (SSSR count). The molecule has 0 aliphatic carbocycles. The Kier molecular flexibility index (Phi) is 4.84. The van der Waals surface area contributed by atoms with Crippen LogP contribution >= 0.6 is 0 Å². The average Bonchev–Trinajstić information content (AvgIpc) is 2.23. The molecule has 1 fully saturated rings. The van der Waals surface area contributed by atoms with E-state index in [1.54, 1.807) is 5.32 Å². The molecular weight excluding hydrogens is 305 g/mol. The van der Waals surface area contributed by atoms with E-state index >= 15 is 0 Å². The lowest BCUT2D eigenvalue weighted by Gasteiger charge is -2.34. The number of nitrogens with one attached hydrogen (secondary N) is 1. The van der Waals surface area contributed by atoms with Gasteiger partial charge in [-0.05, 0) is 0 Å². The lowest BCUT2D eigenvalue weighted by Crippen LogP contribution is -2.55. The topological polar surface area (TPSA) is 104 Å². The van der Waals surface area contributed by atoms with Crippen LogP contribution < -0.4 is 5.32 Å². The molecule has 0 saturated carbocycles. The van der Waals surface area contributed by atoms with Crippen molar-refractivity contribution < 1.29 is 36.3 Å². The molecule has 11 heteroatoms. The summed E-state index contributed by atoms with van der Waals surface area (Å²) in [6.45, 7) is -1.89. The molecule has 0 bridgehead atoms. The molecule has 116 valence electrons. The zero-order valence-electron chi connectivity index (χ0n) is 10.2. The van der Waals surface area contributed by atoms with Crippen molar-refractivity contribution in [1.29, 1.82) is 0 Å². The Morgan fingerprint density at radius 1 is 1.35 bits per heavy atom. The molecule has 1 aliphatic rings. The van der Waals surface area contributed by atoms with Crippen molar-refractivity contribution in [3.8, 4) is 0 Å². The third-order valence-corrected chi connectivity index (χ3v) is 4.34. The Labute approximate surface area is 112 Å². The average molecular weight is 318 g/mol. The number of urea groups is 1. The van der Waals surface area contributed by atoms with Crippen LogP contribution in [-0.2, 0) is 14.6 Å². The Morgan fingerprint density at radius 2 is 1.95 bits per heavy atom. The van der Waals surface area contributed by atoms with Gasteiger partial charge in [0.2, 0.25) is 0 Å². The number of alkyl halides is 3. The Hall–Kier alpha value is -1.52. The van der Waals surface area contributed by atoms with E-state index in [1.807, 2.05) is 0 Å². The second-order valence-electron chi connectivity index (χ2n) is 4.33. The molecule has 0 aromatic rings. The molecule has 1 heterocycles. The van der Waals surface area contributed by atoms with E-state index in [1.165, 1.54) is 0 Å². The Balaban J connectivity index is 2.74. The summed E-state index contributed by atoms with van der Waals surface area (Å²) in [4.78, 5) is 23.0. The van der Waals surface area contributed by atoms with Crippen molar-refractivity contribution in [2.24, 2.45) is 0 Å². The Bertz CT molecular complexity index is 490. The van der Waals surface area contributed by atoms with Crippen molar-refractivity contribution in [1.82, 2.24) is 10.2 Å². The van der Waals surface area contributed by atoms with Crippen LogP contribution in [0, 0.1) is 0 Å². The van der Waals surface area contributed by atoms with Crippen LogP contribution in [0.1, 0.15) is 6.42 Å². The van der Waals surface area contributed by atoms with Crippen molar-refractivity contribution in [2.45, 2.75) is 18.6 Å². The number of hydrogen-bond donors (Lipinski definition) is 2. The molecule has 2 amide bonds. The number of amides is 2. The quantitative estimate of drug-likeness (QED) is 0.752. The molecule has 20 heavy (non-hydrogen) atoms. The van der Waals surface area contributed by atoms with Gasteiger partial charge >= 0.3 is 18.2 Å². The van der Waals surface area contributed by atoms with E-state index in [4.69, 9.17) is 5.11 Å². The van der Waals surface area contributed by atoms with Gasteiger partial charge in [0, 0.05) is 6.54 Å². The predicted octanol–water partition coefficient (Wildman–Crippen LogP) is -0.168. The zero-order valence-corrected chi connectivity index (χ0v) is 11.0. The van der Waals surface area contributed by atoms with Gasteiger partial charge in [-0.1, -0.05) is 0 Å². The van der Waals surface area contributed by atoms with Crippen LogP contribution in [-0.4, -0.2) is 67.2 Å². The van der Waals surface area contributed by atoms with Gasteiger partial charge in [-0.15, -0.1) is 0 Å². The van der Waals surface area contributed by atoms with Crippen LogP contribution in [0.15, 0.2) is 0 Å². The fourth-order valence-corrected chi connectivity index (χ4v) is 3.33. The number of nitrogens with zero attached hydrogens (tertiary/aromatic N) is 1. The maximum Gasteiger partial charge on any atom is 0.405 e. The molecule has 0 aromatic carbocycles. The van der Waals surface area contributed by atoms with Crippen LogP contribution in [0.25, 0.3) is 0 Å². The molecule has 7 nitrogen and oxygen atoms in total. The zero-order chi connectivity index (χ0) is 15.6. The van der Waals surface area contributed by atoms with Gasteiger partial charge in [-0.25, -0.2) is 13.2 Å². The number of carboxylic acid groups (broad SMARTS) is 1. The van der Waals surface area contributed by atoms with Gasteiger partial charge in [0.05, 0.1) is 24.0 Å². The first-order valence-electron chi connectivity index (χ1n) is 5.53. The fourth-order valence-electron chi connectivity index (χ4n) is 1.80. The normalized spacial score (nSPS) is 22.4. The van der Waals surface area contributed by atoms with Crippen molar-refractivity contribution in [3.63, 3.8) is 0 Å². The van der Waals surface area contributed by atoms with Crippen molar-refractivity contribution in [2.75, 3.05) is 24.6 Å². The van der Waals surface area contributed by atoms with Gasteiger partial charge in [0.15, 0.2) is 9.84 Å². The smallest absolute Gasteiger partial charge is 0.405 e. The summed E-state index contributed by atoms with van der Waals surface area (Å²) in [5, 5.41) is 10.3. The van der Waals surface area contributed by atoms with Crippen LogP contribution in [0.2, 0.25) is 0 Å². The molecule has 0 radical (unpaired) electrons. The molecule has 0 spiro atoms. The number of hydrogen-bond acceptors (Lipinski definition) is 4. The lowest BCUT2D eigenvalue weighted by molar-refractivity contribution is -0.138. The SMILES string of the molecule is O=C(O)CC1CS(=O)(=O)CCN1C(=O)NCC(F)(F)F. The number of sulfone groups is 1. The molecular formula is C9H13F3N2O5S. The van der Waals surface area contributed by atoms with Crippen LogP contribution in [0.4, 0.5) is 18.0 Å². The number of carboxylic acids is 1. The largest absolute Gasteiger partial charge is 0.481 e. The molecule has 2 N–H and O–H groups in total. The summed E-state index contributed by atoms with van der Waals surface area (Å²) in [6, 6.07) is -2.29. The minimum absolute atomic E-state index is 0.329. The highest BCUT2D eigenvalue weighted by molar-refractivity contribution is 7.91. The summed E-state index contributed by atoms with van der Waals surface area (Å²) in [5.41, 5.74) is 0. The number of aliphatic carboxylic acids is 1. The van der Waals surface area contributed by atoms with E-state index in [9.17, 15) is 31.2 Å². The summed E-state index contributed by atoms with van der Waals surface area (Å²) < 4.78 is 58.8.